The smallest absolute Gasteiger partial charge is 0.251 e. The van der Waals surface area contributed by atoms with E-state index in [9.17, 15) is 22.8 Å². The highest BCUT2D eigenvalue weighted by Gasteiger charge is 2.47. The molecule has 2 aromatic rings. The monoisotopic (exact) mass is 560 g/mol. The number of rotatable bonds is 6. The van der Waals surface area contributed by atoms with Gasteiger partial charge in [-0.3, -0.25) is 9.59 Å². The van der Waals surface area contributed by atoms with Gasteiger partial charge in [0.05, 0.1) is 24.4 Å². The van der Waals surface area contributed by atoms with Gasteiger partial charge in [-0.2, -0.15) is 4.98 Å². The maximum absolute atomic E-state index is 14.2. The van der Waals surface area contributed by atoms with Gasteiger partial charge in [0.2, 0.25) is 17.8 Å². The number of alkyl halides is 3. The van der Waals surface area contributed by atoms with E-state index < -0.39 is 23.6 Å². The summed E-state index contributed by atoms with van der Waals surface area (Å²) >= 11 is 0. The number of hydrogen-bond acceptors (Lipinski definition) is 7. The summed E-state index contributed by atoms with van der Waals surface area (Å²) in [5.41, 5.74) is 0.464. The summed E-state index contributed by atoms with van der Waals surface area (Å²) in [5, 5.41) is 5.97. The second kappa shape index (κ2) is 10.4. The summed E-state index contributed by atoms with van der Waals surface area (Å²) in [4.78, 5) is 38.3. The summed E-state index contributed by atoms with van der Waals surface area (Å²) in [7, 11) is 3.10. The average Bonchev–Trinajstić information content (AvgIpc) is 3.48. The van der Waals surface area contributed by atoms with Crippen LogP contribution < -0.4 is 25.2 Å². The SMILES string of the molecule is COc1cc(C(=O)NC2CC[C@@H](F)C2)ccc1Nc1ncc2c(n1)N([C@@H]1CCC(F)(F)C1)CC(C)(C)C(=O)N2C. The molecule has 5 rings (SSSR count). The molecular formula is C28H35F3N6O3. The summed E-state index contributed by atoms with van der Waals surface area (Å²) < 4.78 is 47.5. The first-order valence-electron chi connectivity index (χ1n) is 13.6. The maximum Gasteiger partial charge on any atom is 0.251 e. The van der Waals surface area contributed by atoms with Crippen LogP contribution in [0.3, 0.4) is 0 Å². The van der Waals surface area contributed by atoms with Crippen LogP contribution in [-0.4, -0.2) is 66.7 Å². The van der Waals surface area contributed by atoms with E-state index in [4.69, 9.17) is 9.72 Å². The van der Waals surface area contributed by atoms with E-state index in [1.165, 1.54) is 18.2 Å². The molecule has 2 amide bonds. The molecule has 0 bridgehead atoms. The molecule has 3 atom stereocenters. The number of nitrogens with one attached hydrogen (secondary N) is 2. The molecule has 1 aromatic carbocycles. The van der Waals surface area contributed by atoms with Crippen LogP contribution in [0.25, 0.3) is 0 Å². The number of aromatic nitrogens is 2. The standard InChI is InChI=1S/C28H35F3N6O3/c1-27(2)15-37(19-9-10-28(30,31)13-19)23-21(36(3)25(27)39)14-32-26(35-23)34-20-8-5-16(11-22(20)40-4)24(38)33-18-7-6-17(29)12-18/h5,8,11,14,17-19H,6-7,9-10,12-13,15H2,1-4H3,(H,33,38)(H,32,34,35)/t17-,18?,19-/m1/s1. The molecule has 1 aromatic heterocycles. The van der Waals surface area contributed by atoms with E-state index in [0.29, 0.717) is 47.8 Å². The van der Waals surface area contributed by atoms with Crippen molar-refractivity contribution in [3.63, 3.8) is 0 Å². The van der Waals surface area contributed by atoms with Gasteiger partial charge in [-0.15, -0.1) is 0 Å². The fourth-order valence-electron chi connectivity index (χ4n) is 5.88. The number of methoxy groups -OCH3 is 1. The third-order valence-corrected chi connectivity index (χ3v) is 8.07. The van der Waals surface area contributed by atoms with Crippen LogP contribution in [0.2, 0.25) is 0 Å². The average molecular weight is 561 g/mol. The largest absolute Gasteiger partial charge is 0.495 e. The summed E-state index contributed by atoms with van der Waals surface area (Å²) in [6.07, 6.45) is 1.75. The van der Waals surface area contributed by atoms with Gasteiger partial charge in [-0.25, -0.2) is 18.2 Å². The number of ether oxygens (including phenoxy) is 1. The topological polar surface area (TPSA) is 99.7 Å². The molecule has 0 saturated heterocycles. The van der Waals surface area contributed by atoms with Gasteiger partial charge in [-0.1, -0.05) is 0 Å². The lowest BCUT2D eigenvalue weighted by atomic mass is 9.91. The Balaban J connectivity index is 1.42. The first kappa shape index (κ1) is 28.0. The highest BCUT2D eigenvalue weighted by molar-refractivity contribution is 6.01. The number of fused-ring (bicyclic) bond motifs is 1. The van der Waals surface area contributed by atoms with Gasteiger partial charge < -0.3 is 25.2 Å². The molecule has 12 heteroatoms. The van der Waals surface area contributed by atoms with Crippen LogP contribution >= 0.6 is 0 Å². The van der Waals surface area contributed by atoms with Gasteiger partial charge in [0.25, 0.3) is 5.91 Å². The molecule has 2 fully saturated rings. The van der Waals surface area contributed by atoms with E-state index in [1.54, 1.807) is 39.1 Å². The minimum atomic E-state index is -2.77. The predicted molar refractivity (Wildman–Crippen MR) is 145 cm³/mol. The van der Waals surface area contributed by atoms with E-state index in [0.717, 1.165) is 0 Å². The number of carbonyl (C=O) groups is 2. The fraction of sp³-hybridized carbons (Fsp3) is 0.571. The maximum atomic E-state index is 14.2. The zero-order valence-corrected chi connectivity index (χ0v) is 23.1. The fourth-order valence-corrected chi connectivity index (χ4v) is 5.88. The number of carbonyl (C=O) groups excluding carboxylic acids is 2. The molecule has 216 valence electrons. The summed E-state index contributed by atoms with van der Waals surface area (Å²) in [6, 6.07) is 4.17. The van der Waals surface area contributed by atoms with Crippen LogP contribution in [0.5, 0.6) is 5.75 Å². The highest BCUT2D eigenvalue weighted by Crippen LogP contribution is 2.44. The van der Waals surface area contributed by atoms with Crippen LogP contribution in [0, 0.1) is 5.41 Å². The molecular weight excluding hydrogens is 525 g/mol. The van der Waals surface area contributed by atoms with Crippen molar-refractivity contribution in [2.45, 2.75) is 76.6 Å². The van der Waals surface area contributed by atoms with Crippen molar-refractivity contribution < 1.29 is 27.5 Å². The number of hydrogen-bond donors (Lipinski definition) is 2. The van der Waals surface area contributed by atoms with Gasteiger partial charge >= 0.3 is 0 Å². The molecule has 1 aliphatic heterocycles. The second-order valence-electron chi connectivity index (χ2n) is 11.7. The van der Waals surface area contributed by atoms with Crippen molar-refractivity contribution in [2.24, 2.45) is 5.41 Å². The number of nitrogens with zero attached hydrogens (tertiary/aromatic N) is 4. The molecule has 40 heavy (non-hydrogen) atoms. The Morgan fingerprint density at radius 1 is 1.20 bits per heavy atom. The Morgan fingerprint density at radius 3 is 2.62 bits per heavy atom. The molecule has 2 N–H and O–H groups in total. The third kappa shape index (κ3) is 5.53. The molecule has 2 aliphatic carbocycles. The quantitative estimate of drug-likeness (QED) is 0.521. The molecule has 2 saturated carbocycles. The molecule has 1 unspecified atom stereocenters. The zero-order chi connectivity index (χ0) is 28.8. The normalized spacial score (nSPS) is 25.4. The van der Waals surface area contributed by atoms with Gasteiger partial charge in [0.1, 0.15) is 17.6 Å². The van der Waals surface area contributed by atoms with Crippen LogP contribution in [0.15, 0.2) is 24.4 Å². The number of benzene rings is 1. The van der Waals surface area contributed by atoms with Crippen molar-refractivity contribution >= 4 is 35.0 Å². The lowest BCUT2D eigenvalue weighted by Gasteiger charge is -2.34. The number of anilines is 4. The summed E-state index contributed by atoms with van der Waals surface area (Å²) in [5.74, 6) is -2.28. The first-order chi connectivity index (χ1) is 18.9. The lowest BCUT2D eigenvalue weighted by molar-refractivity contribution is -0.125. The first-order valence-corrected chi connectivity index (χ1v) is 13.6. The second-order valence-corrected chi connectivity index (χ2v) is 11.7. The van der Waals surface area contributed by atoms with Crippen molar-refractivity contribution in [1.82, 2.24) is 15.3 Å². The van der Waals surface area contributed by atoms with Crippen molar-refractivity contribution in [3.05, 3.63) is 30.0 Å². The Bertz CT molecular complexity index is 1310. The lowest BCUT2D eigenvalue weighted by Crippen LogP contribution is -2.45. The van der Waals surface area contributed by atoms with Crippen molar-refractivity contribution in [1.29, 1.82) is 0 Å². The molecule has 3 aliphatic rings. The molecule has 0 spiro atoms. The van der Waals surface area contributed by atoms with E-state index in [-0.39, 0.29) is 49.6 Å². The van der Waals surface area contributed by atoms with Crippen LogP contribution in [0.1, 0.15) is 62.7 Å². The Kier molecular flexibility index (Phi) is 7.30. The molecule has 0 radical (unpaired) electrons. The van der Waals surface area contributed by atoms with Gasteiger partial charge in [-0.05, 0) is 57.7 Å². The van der Waals surface area contributed by atoms with E-state index in [2.05, 4.69) is 15.6 Å². The Labute approximate surface area is 231 Å². The zero-order valence-electron chi connectivity index (χ0n) is 23.1. The van der Waals surface area contributed by atoms with Crippen molar-refractivity contribution in [2.75, 3.05) is 35.8 Å². The third-order valence-electron chi connectivity index (χ3n) is 8.07. The van der Waals surface area contributed by atoms with Crippen molar-refractivity contribution in [3.8, 4) is 5.75 Å². The molecule has 2 heterocycles. The van der Waals surface area contributed by atoms with E-state index in [1.807, 2.05) is 4.90 Å². The highest BCUT2D eigenvalue weighted by atomic mass is 19.3. The number of amides is 2. The summed E-state index contributed by atoms with van der Waals surface area (Å²) in [6.45, 7) is 3.84. The van der Waals surface area contributed by atoms with Gasteiger partial charge in [0.15, 0.2) is 5.82 Å². The minimum absolute atomic E-state index is 0.152. The number of halogens is 3. The van der Waals surface area contributed by atoms with E-state index >= 15 is 0 Å². The van der Waals surface area contributed by atoms with Gasteiger partial charge in [0, 0.05) is 44.1 Å². The van der Waals surface area contributed by atoms with Crippen LogP contribution in [0.4, 0.5) is 36.3 Å². The Morgan fingerprint density at radius 2 is 1.98 bits per heavy atom. The minimum Gasteiger partial charge on any atom is -0.495 e. The predicted octanol–water partition coefficient (Wildman–Crippen LogP) is 4.85. The molecule has 9 nitrogen and oxygen atoms in total. The van der Waals surface area contributed by atoms with Crippen LogP contribution in [-0.2, 0) is 4.79 Å². The Hall–Kier alpha value is -3.57.